The average Bonchev–Trinajstić information content (AvgIpc) is 3.79. The molecule has 0 radical (unpaired) electrons. The van der Waals surface area contributed by atoms with Gasteiger partial charge in [-0.05, 0) is 102 Å². The Hall–Kier alpha value is -5.75. The van der Waals surface area contributed by atoms with E-state index < -0.39 is 12.1 Å². The van der Waals surface area contributed by atoms with Crippen molar-refractivity contribution in [3.05, 3.63) is 83.4 Å². The standard InChI is InChI=1S/C42H54N8O9/c1-28-25-34(39(51)43-17-18-57-21-22-59-24-23-58-20-19-56-2)13-16-36(28)31-7-3-29(4-8-31)26-37(46-40(52)33-9-5-30(6-10-33)27-44-42(54)55)41(53)45-35-14-11-32(12-15-35)38-47-49-50-48-38/h3-4,7-8,11-16,25,30,33,37,44H,5-6,9-10,17-24,26-27H2,1-2H3,(H,43,51)(H,45,53)(H,46,52)(H,54,55)(H,47,48,49,50)/t30-,33-,37-/m0/s1. The van der Waals surface area contributed by atoms with E-state index in [0.717, 1.165) is 27.8 Å². The maximum absolute atomic E-state index is 13.8. The normalized spacial score (nSPS) is 15.6. The largest absolute Gasteiger partial charge is 0.465 e. The number of H-pyrrole nitrogens is 1. The highest BCUT2D eigenvalue weighted by Gasteiger charge is 2.30. The molecule has 6 N–H and O–H groups in total. The van der Waals surface area contributed by atoms with Crippen molar-refractivity contribution in [2.24, 2.45) is 11.8 Å². The van der Waals surface area contributed by atoms with Crippen LogP contribution in [0.5, 0.6) is 0 Å². The van der Waals surface area contributed by atoms with Gasteiger partial charge in [0.25, 0.3) is 5.91 Å². The van der Waals surface area contributed by atoms with Crippen LogP contribution in [0.1, 0.15) is 47.2 Å². The van der Waals surface area contributed by atoms with Gasteiger partial charge in [-0.15, -0.1) is 10.2 Å². The predicted molar refractivity (Wildman–Crippen MR) is 219 cm³/mol. The van der Waals surface area contributed by atoms with Crippen molar-refractivity contribution in [3.63, 3.8) is 0 Å². The summed E-state index contributed by atoms with van der Waals surface area (Å²) in [6.07, 6.45) is 1.83. The van der Waals surface area contributed by atoms with Gasteiger partial charge in [-0.1, -0.05) is 30.3 Å². The van der Waals surface area contributed by atoms with E-state index in [9.17, 15) is 19.2 Å². The van der Waals surface area contributed by atoms with Crippen LogP contribution in [-0.2, 0) is 35.0 Å². The smallest absolute Gasteiger partial charge is 0.404 e. The van der Waals surface area contributed by atoms with Crippen LogP contribution in [0, 0.1) is 18.8 Å². The minimum atomic E-state index is -1.06. The molecule has 1 aliphatic rings. The maximum atomic E-state index is 13.8. The fraction of sp³-hybridized carbons (Fsp3) is 0.452. The van der Waals surface area contributed by atoms with E-state index >= 15 is 0 Å². The number of aromatic amines is 1. The van der Waals surface area contributed by atoms with Crippen molar-refractivity contribution in [1.29, 1.82) is 0 Å². The molecule has 3 aromatic carbocycles. The molecule has 1 aliphatic carbocycles. The summed E-state index contributed by atoms with van der Waals surface area (Å²) < 4.78 is 21.3. The third-order valence-electron chi connectivity index (χ3n) is 10.0. The zero-order valence-corrected chi connectivity index (χ0v) is 33.5. The van der Waals surface area contributed by atoms with Crippen molar-refractivity contribution in [3.8, 4) is 22.5 Å². The van der Waals surface area contributed by atoms with E-state index in [1.807, 2.05) is 43.3 Å². The van der Waals surface area contributed by atoms with Gasteiger partial charge in [0.15, 0.2) is 0 Å². The summed E-state index contributed by atoms with van der Waals surface area (Å²) in [5, 5.41) is 34.2. The Morgan fingerprint density at radius 1 is 0.814 bits per heavy atom. The zero-order valence-electron chi connectivity index (χ0n) is 33.5. The molecule has 5 rings (SSSR count). The van der Waals surface area contributed by atoms with E-state index in [4.69, 9.17) is 24.1 Å². The molecule has 0 unspecified atom stereocenters. The molecule has 1 heterocycles. The van der Waals surface area contributed by atoms with Crippen molar-refractivity contribution >= 4 is 29.5 Å². The van der Waals surface area contributed by atoms with Crippen LogP contribution in [0.25, 0.3) is 22.5 Å². The molecule has 0 aliphatic heterocycles. The third kappa shape index (κ3) is 14.5. The van der Waals surface area contributed by atoms with Crippen LogP contribution >= 0.6 is 0 Å². The number of methoxy groups -OCH3 is 1. The van der Waals surface area contributed by atoms with E-state index in [1.54, 1.807) is 37.4 Å². The second-order valence-electron chi connectivity index (χ2n) is 14.3. The lowest BCUT2D eigenvalue weighted by atomic mass is 9.81. The van der Waals surface area contributed by atoms with E-state index in [0.29, 0.717) is 102 Å². The van der Waals surface area contributed by atoms with Crippen LogP contribution < -0.4 is 21.3 Å². The lowest BCUT2D eigenvalue weighted by molar-refractivity contribution is -0.130. The number of rotatable bonds is 23. The van der Waals surface area contributed by atoms with Crippen LogP contribution in [0.4, 0.5) is 10.5 Å². The first kappa shape index (κ1) is 44.4. The minimum Gasteiger partial charge on any atom is -0.465 e. The first-order valence-electron chi connectivity index (χ1n) is 19.8. The molecule has 0 saturated heterocycles. The molecular formula is C42H54N8O9. The van der Waals surface area contributed by atoms with Gasteiger partial charge in [0.2, 0.25) is 17.6 Å². The number of aromatic nitrogens is 4. The van der Waals surface area contributed by atoms with Gasteiger partial charge in [-0.3, -0.25) is 14.4 Å². The first-order valence-corrected chi connectivity index (χ1v) is 19.8. The Balaban J connectivity index is 1.14. The molecule has 4 amide bonds. The Kier molecular flexibility index (Phi) is 17.7. The van der Waals surface area contributed by atoms with Crippen LogP contribution in [0.3, 0.4) is 0 Å². The number of hydrogen-bond acceptors (Lipinski definition) is 11. The van der Waals surface area contributed by atoms with Crippen molar-refractivity contribution < 1.29 is 43.2 Å². The van der Waals surface area contributed by atoms with Gasteiger partial charge >= 0.3 is 6.09 Å². The number of benzene rings is 3. The quantitative estimate of drug-likeness (QED) is 0.0584. The molecular weight excluding hydrogens is 761 g/mol. The summed E-state index contributed by atoms with van der Waals surface area (Å²) in [7, 11) is 1.62. The number of aryl methyl sites for hydroxylation is 1. The number of nitrogens with one attached hydrogen (secondary N) is 5. The highest BCUT2D eigenvalue weighted by molar-refractivity contribution is 5.98. The number of nitrogens with zero attached hydrogens (tertiary/aromatic N) is 3. The summed E-state index contributed by atoms with van der Waals surface area (Å²) in [4.78, 5) is 51.1. The molecule has 17 nitrogen and oxygen atoms in total. The van der Waals surface area contributed by atoms with E-state index in [2.05, 4.69) is 41.9 Å². The first-order chi connectivity index (χ1) is 28.7. The van der Waals surface area contributed by atoms with Crippen LogP contribution in [0.2, 0.25) is 0 Å². The second kappa shape index (κ2) is 23.6. The molecule has 316 valence electrons. The SMILES string of the molecule is COCCOCCOCCOCCNC(=O)c1ccc(-c2ccc(C[C@H](NC(=O)[C@H]3CC[C@H](CNC(=O)O)CC3)C(=O)Nc3ccc(-c4nn[nH]n4)cc3)cc2)c(C)c1. The number of anilines is 1. The van der Waals surface area contributed by atoms with Crippen molar-refractivity contribution in [1.82, 2.24) is 36.6 Å². The summed E-state index contributed by atoms with van der Waals surface area (Å²) in [6.45, 7) is 5.94. The number of hydrogen-bond donors (Lipinski definition) is 6. The minimum absolute atomic E-state index is 0.172. The van der Waals surface area contributed by atoms with Gasteiger partial charge in [0, 0.05) is 49.4 Å². The number of tetrazole rings is 1. The Labute approximate surface area is 343 Å². The number of carbonyl (C=O) groups excluding carboxylic acids is 3. The van der Waals surface area contributed by atoms with Crippen molar-refractivity contribution in [2.75, 3.05) is 71.8 Å². The van der Waals surface area contributed by atoms with E-state index in [1.165, 1.54) is 0 Å². The summed E-state index contributed by atoms with van der Waals surface area (Å²) in [5.41, 5.74) is 5.48. The van der Waals surface area contributed by atoms with Gasteiger partial charge in [0.1, 0.15) is 6.04 Å². The number of carboxylic acid groups (broad SMARTS) is 1. The van der Waals surface area contributed by atoms with Gasteiger partial charge < -0.3 is 45.3 Å². The maximum Gasteiger partial charge on any atom is 0.404 e. The van der Waals surface area contributed by atoms with E-state index in [-0.39, 0.29) is 36.0 Å². The Morgan fingerprint density at radius 3 is 2.10 bits per heavy atom. The summed E-state index contributed by atoms with van der Waals surface area (Å²) in [5.74, 6) is -0.445. The molecule has 59 heavy (non-hydrogen) atoms. The molecule has 1 atom stereocenters. The lowest BCUT2D eigenvalue weighted by Gasteiger charge is -2.29. The highest BCUT2D eigenvalue weighted by atomic mass is 16.6. The average molecular weight is 815 g/mol. The highest BCUT2D eigenvalue weighted by Crippen LogP contribution is 2.29. The Bertz CT molecular complexity index is 1920. The van der Waals surface area contributed by atoms with Crippen LogP contribution in [-0.4, -0.2) is 122 Å². The molecule has 17 heteroatoms. The lowest BCUT2D eigenvalue weighted by Crippen LogP contribution is -2.48. The molecule has 1 fully saturated rings. The fourth-order valence-electron chi connectivity index (χ4n) is 6.78. The second-order valence-corrected chi connectivity index (χ2v) is 14.3. The molecule has 4 aromatic rings. The predicted octanol–water partition coefficient (Wildman–Crippen LogP) is 4.01. The van der Waals surface area contributed by atoms with Gasteiger partial charge in [0.05, 0.1) is 46.2 Å². The fourth-order valence-corrected chi connectivity index (χ4v) is 6.78. The molecule has 0 bridgehead atoms. The monoisotopic (exact) mass is 814 g/mol. The molecule has 0 spiro atoms. The third-order valence-corrected chi connectivity index (χ3v) is 10.0. The number of ether oxygens (including phenoxy) is 4. The summed E-state index contributed by atoms with van der Waals surface area (Å²) >= 11 is 0. The zero-order chi connectivity index (χ0) is 41.8. The Morgan fingerprint density at radius 2 is 1.47 bits per heavy atom. The number of carbonyl (C=O) groups is 4. The molecule has 1 aromatic heterocycles. The van der Waals surface area contributed by atoms with Gasteiger partial charge in [-0.25, -0.2) is 4.79 Å². The summed E-state index contributed by atoms with van der Waals surface area (Å²) in [6, 6.07) is 19.5. The molecule has 1 saturated carbocycles. The topological polar surface area (TPSA) is 228 Å². The van der Waals surface area contributed by atoms with Crippen LogP contribution in [0.15, 0.2) is 66.7 Å². The van der Waals surface area contributed by atoms with Crippen molar-refractivity contribution in [2.45, 2.75) is 45.1 Å². The number of amides is 4. The van der Waals surface area contributed by atoms with Gasteiger partial charge in [-0.2, -0.15) is 5.21 Å².